The zero-order chi connectivity index (χ0) is 10.7. The quantitative estimate of drug-likeness (QED) is 0.757. The lowest BCUT2D eigenvalue weighted by molar-refractivity contribution is -0.129. The number of rotatable bonds is 4. The Balaban J connectivity index is 1.95. The molecular weight excluding hydrogens is 192 g/mol. The fraction of sp³-hybridized carbons (Fsp3) is 0.417. The summed E-state index contributed by atoms with van der Waals surface area (Å²) in [7, 11) is 0. The monoisotopic (exact) mass is 206 g/mol. The van der Waals surface area contributed by atoms with Crippen molar-refractivity contribution in [1.29, 1.82) is 0 Å². The van der Waals surface area contributed by atoms with Gasteiger partial charge in [0.2, 0.25) is 0 Å². The molecule has 3 nitrogen and oxygen atoms in total. The van der Waals surface area contributed by atoms with Gasteiger partial charge in [-0.05, 0) is 19.1 Å². The molecule has 1 aromatic carbocycles. The lowest BCUT2D eigenvalue weighted by Gasteiger charge is -2.25. The number of carbonyl (C=O) groups excluding carboxylic acids is 1. The van der Waals surface area contributed by atoms with Gasteiger partial charge in [0, 0.05) is 18.9 Å². The molecule has 15 heavy (non-hydrogen) atoms. The molecule has 0 spiro atoms. The van der Waals surface area contributed by atoms with E-state index in [0.717, 1.165) is 11.5 Å². The van der Waals surface area contributed by atoms with Crippen LogP contribution in [0.3, 0.4) is 0 Å². The molecule has 0 unspecified atom stereocenters. The Hall–Kier alpha value is -1.51. The van der Waals surface area contributed by atoms with Crippen molar-refractivity contribution in [2.45, 2.75) is 25.9 Å². The largest absolute Gasteiger partial charge is 0.494 e. The van der Waals surface area contributed by atoms with Crippen molar-refractivity contribution in [3.63, 3.8) is 0 Å². The SMILES string of the molecule is CCOc1cccc(OC2CC(=O)C2)c1. The first-order valence-corrected chi connectivity index (χ1v) is 5.19. The van der Waals surface area contributed by atoms with Gasteiger partial charge in [-0.2, -0.15) is 0 Å². The Morgan fingerprint density at radius 1 is 1.33 bits per heavy atom. The third-order valence-electron chi connectivity index (χ3n) is 2.33. The predicted molar refractivity (Wildman–Crippen MR) is 56.3 cm³/mol. The molecule has 0 saturated heterocycles. The molecule has 0 aliphatic heterocycles. The van der Waals surface area contributed by atoms with Gasteiger partial charge in [-0.3, -0.25) is 4.79 Å². The van der Waals surface area contributed by atoms with Crippen LogP contribution in [0.25, 0.3) is 0 Å². The van der Waals surface area contributed by atoms with Crippen LogP contribution in [0.4, 0.5) is 0 Å². The Labute approximate surface area is 89.0 Å². The maximum Gasteiger partial charge on any atom is 0.140 e. The number of benzene rings is 1. The molecule has 1 aromatic rings. The first-order valence-electron chi connectivity index (χ1n) is 5.19. The number of carbonyl (C=O) groups is 1. The van der Waals surface area contributed by atoms with E-state index in [9.17, 15) is 4.79 Å². The molecular formula is C12H14O3. The zero-order valence-corrected chi connectivity index (χ0v) is 8.73. The van der Waals surface area contributed by atoms with Crippen LogP contribution < -0.4 is 9.47 Å². The summed E-state index contributed by atoms with van der Waals surface area (Å²) in [5, 5.41) is 0. The van der Waals surface area contributed by atoms with E-state index in [2.05, 4.69) is 0 Å². The van der Waals surface area contributed by atoms with E-state index in [1.54, 1.807) is 0 Å². The molecule has 0 N–H and O–H groups in total. The Bertz CT molecular complexity index is 352. The van der Waals surface area contributed by atoms with Crippen LogP contribution in [-0.4, -0.2) is 18.5 Å². The first kappa shape index (κ1) is 10.0. The lowest BCUT2D eigenvalue weighted by atomic mass is 9.94. The highest BCUT2D eigenvalue weighted by Gasteiger charge is 2.28. The fourth-order valence-corrected chi connectivity index (χ4v) is 1.53. The van der Waals surface area contributed by atoms with Gasteiger partial charge in [-0.15, -0.1) is 0 Å². The van der Waals surface area contributed by atoms with Crippen molar-refractivity contribution < 1.29 is 14.3 Å². The van der Waals surface area contributed by atoms with Gasteiger partial charge in [-0.1, -0.05) is 6.07 Å². The highest BCUT2D eigenvalue weighted by atomic mass is 16.5. The summed E-state index contributed by atoms with van der Waals surface area (Å²) in [4.78, 5) is 10.8. The summed E-state index contributed by atoms with van der Waals surface area (Å²) in [6.45, 7) is 2.59. The van der Waals surface area contributed by atoms with E-state index in [0.29, 0.717) is 19.4 Å². The van der Waals surface area contributed by atoms with Crippen LogP contribution in [0.5, 0.6) is 11.5 Å². The van der Waals surface area contributed by atoms with E-state index in [1.165, 1.54) is 0 Å². The van der Waals surface area contributed by atoms with Crippen LogP contribution in [-0.2, 0) is 4.79 Å². The fourth-order valence-electron chi connectivity index (χ4n) is 1.53. The minimum atomic E-state index is 0.0642. The van der Waals surface area contributed by atoms with E-state index < -0.39 is 0 Å². The van der Waals surface area contributed by atoms with Gasteiger partial charge in [-0.25, -0.2) is 0 Å². The third kappa shape index (κ3) is 2.49. The van der Waals surface area contributed by atoms with Crippen molar-refractivity contribution in [1.82, 2.24) is 0 Å². The van der Waals surface area contributed by atoms with Crippen molar-refractivity contribution >= 4 is 5.78 Å². The average molecular weight is 206 g/mol. The van der Waals surface area contributed by atoms with Gasteiger partial charge >= 0.3 is 0 Å². The molecule has 0 heterocycles. The Morgan fingerprint density at radius 3 is 2.73 bits per heavy atom. The first-order chi connectivity index (χ1) is 7.28. The summed E-state index contributed by atoms with van der Waals surface area (Å²) >= 11 is 0. The van der Waals surface area contributed by atoms with Gasteiger partial charge < -0.3 is 9.47 Å². The van der Waals surface area contributed by atoms with Crippen LogP contribution in [0.2, 0.25) is 0 Å². The normalized spacial score (nSPS) is 15.9. The van der Waals surface area contributed by atoms with Gasteiger partial charge in [0.25, 0.3) is 0 Å². The summed E-state index contributed by atoms with van der Waals surface area (Å²) < 4.78 is 11.0. The lowest BCUT2D eigenvalue weighted by Crippen LogP contribution is -2.33. The molecule has 0 aromatic heterocycles. The van der Waals surface area contributed by atoms with E-state index >= 15 is 0 Å². The summed E-state index contributed by atoms with van der Waals surface area (Å²) in [5.41, 5.74) is 0. The van der Waals surface area contributed by atoms with Crippen molar-refractivity contribution in [3.8, 4) is 11.5 Å². The summed E-state index contributed by atoms with van der Waals surface area (Å²) in [6, 6.07) is 7.51. The van der Waals surface area contributed by atoms with E-state index in [1.807, 2.05) is 31.2 Å². The molecule has 0 amide bonds. The number of Topliss-reactive ketones (excluding diaryl/α,β-unsaturated/α-hetero) is 1. The van der Waals surface area contributed by atoms with Crippen LogP contribution >= 0.6 is 0 Å². The molecule has 0 radical (unpaired) electrons. The summed E-state index contributed by atoms with van der Waals surface area (Å²) in [5.74, 6) is 1.86. The Kier molecular flexibility index (Phi) is 2.90. The van der Waals surface area contributed by atoms with Gasteiger partial charge in [0.1, 0.15) is 23.4 Å². The Morgan fingerprint density at radius 2 is 2.07 bits per heavy atom. The van der Waals surface area contributed by atoms with Crippen molar-refractivity contribution in [2.75, 3.05) is 6.61 Å². The molecule has 1 fully saturated rings. The molecule has 80 valence electrons. The predicted octanol–water partition coefficient (Wildman–Crippen LogP) is 2.20. The van der Waals surface area contributed by atoms with Crippen LogP contribution in [0.1, 0.15) is 19.8 Å². The molecule has 1 saturated carbocycles. The second-order valence-electron chi connectivity index (χ2n) is 3.59. The van der Waals surface area contributed by atoms with E-state index in [4.69, 9.17) is 9.47 Å². The van der Waals surface area contributed by atoms with Crippen LogP contribution in [0.15, 0.2) is 24.3 Å². The average Bonchev–Trinajstić information content (AvgIpc) is 2.17. The molecule has 1 aliphatic rings. The minimum Gasteiger partial charge on any atom is -0.494 e. The van der Waals surface area contributed by atoms with Crippen molar-refractivity contribution in [3.05, 3.63) is 24.3 Å². The molecule has 3 heteroatoms. The van der Waals surface area contributed by atoms with Gasteiger partial charge in [0.05, 0.1) is 6.61 Å². The smallest absolute Gasteiger partial charge is 0.140 e. The maximum absolute atomic E-state index is 10.8. The number of ether oxygens (including phenoxy) is 2. The van der Waals surface area contributed by atoms with Crippen LogP contribution in [0, 0.1) is 0 Å². The number of hydrogen-bond acceptors (Lipinski definition) is 3. The number of ketones is 1. The molecule has 2 rings (SSSR count). The topological polar surface area (TPSA) is 35.5 Å². The van der Waals surface area contributed by atoms with Crippen molar-refractivity contribution in [2.24, 2.45) is 0 Å². The second kappa shape index (κ2) is 4.34. The second-order valence-corrected chi connectivity index (χ2v) is 3.59. The maximum atomic E-state index is 10.8. The molecule has 1 aliphatic carbocycles. The molecule has 0 bridgehead atoms. The highest BCUT2D eigenvalue weighted by Crippen LogP contribution is 2.25. The molecule has 0 atom stereocenters. The third-order valence-corrected chi connectivity index (χ3v) is 2.33. The standard InChI is InChI=1S/C12H14O3/c1-2-14-10-4-3-5-11(8-10)15-12-6-9(13)7-12/h3-5,8,12H,2,6-7H2,1H3. The van der Waals surface area contributed by atoms with Gasteiger partial charge in [0.15, 0.2) is 0 Å². The zero-order valence-electron chi connectivity index (χ0n) is 8.73. The minimum absolute atomic E-state index is 0.0642. The number of hydrogen-bond donors (Lipinski definition) is 0. The van der Waals surface area contributed by atoms with E-state index in [-0.39, 0.29) is 11.9 Å². The summed E-state index contributed by atoms with van der Waals surface area (Å²) in [6.07, 6.45) is 1.15. The highest BCUT2D eigenvalue weighted by molar-refractivity contribution is 5.85.